The van der Waals surface area contributed by atoms with E-state index in [0.717, 1.165) is 30.5 Å². The molecule has 134 valence electrons. The molecule has 4 rings (SSSR count). The van der Waals surface area contributed by atoms with Gasteiger partial charge in [0.15, 0.2) is 0 Å². The van der Waals surface area contributed by atoms with E-state index < -0.39 is 0 Å². The Bertz CT molecular complexity index is 864. The summed E-state index contributed by atoms with van der Waals surface area (Å²) >= 11 is 0. The van der Waals surface area contributed by atoms with E-state index in [1.165, 1.54) is 0 Å². The van der Waals surface area contributed by atoms with Gasteiger partial charge >= 0.3 is 0 Å². The van der Waals surface area contributed by atoms with Crippen molar-refractivity contribution in [1.29, 1.82) is 0 Å². The molecular formula is C19H22N6O. The normalized spacial score (nSPS) is 14.7. The van der Waals surface area contributed by atoms with Crippen molar-refractivity contribution in [3.63, 3.8) is 0 Å². The van der Waals surface area contributed by atoms with Crippen LogP contribution in [-0.2, 0) is 11.3 Å². The molecule has 0 spiro atoms. The zero-order valence-electron chi connectivity index (χ0n) is 14.8. The van der Waals surface area contributed by atoms with Crippen LogP contribution in [-0.4, -0.2) is 56.1 Å². The molecule has 3 aromatic heterocycles. The predicted octanol–water partition coefficient (Wildman–Crippen LogP) is 1.73. The van der Waals surface area contributed by atoms with Gasteiger partial charge in [0, 0.05) is 57.0 Å². The summed E-state index contributed by atoms with van der Waals surface area (Å²) in [5.74, 6) is 2.69. The fourth-order valence-corrected chi connectivity index (χ4v) is 3.23. The van der Waals surface area contributed by atoms with Gasteiger partial charge in [0.1, 0.15) is 24.0 Å². The number of nitrogens with zero attached hydrogens (tertiary/aromatic N) is 6. The lowest BCUT2D eigenvalue weighted by molar-refractivity contribution is -0.132. The van der Waals surface area contributed by atoms with Gasteiger partial charge in [0.05, 0.1) is 0 Å². The van der Waals surface area contributed by atoms with Gasteiger partial charge in [-0.15, -0.1) is 0 Å². The van der Waals surface area contributed by atoms with Crippen molar-refractivity contribution in [2.24, 2.45) is 0 Å². The molecule has 4 heterocycles. The number of rotatable bonds is 4. The van der Waals surface area contributed by atoms with Crippen LogP contribution in [0.2, 0.25) is 0 Å². The molecule has 0 saturated carbocycles. The average Bonchev–Trinajstić information content (AvgIpc) is 3.35. The van der Waals surface area contributed by atoms with Crippen LogP contribution in [0.4, 0.5) is 5.82 Å². The summed E-state index contributed by atoms with van der Waals surface area (Å²) in [6.07, 6.45) is 7.79. The highest BCUT2D eigenvalue weighted by molar-refractivity contribution is 5.76. The minimum Gasteiger partial charge on any atom is -0.353 e. The summed E-state index contributed by atoms with van der Waals surface area (Å²) in [5.41, 5.74) is 0. The Hall–Kier alpha value is -3.09. The molecule has 0 aliphatic carbocycles. The highest BCUT2D eigenvalue weighted by Gasteiger charge is 2.22. The Balaban J connectivity index is 1.42. The van der Waals surface area contributed by atoms with Gasteiger partial charge in [-0.25, -0.2) is 9.97 Å². The maximum absolute atomic E-state index is 12.4. The summed E-state index contributed by atoms with van der Waals surface area (Å²) in [7, 11) is 0. The molecule has 3 aromatic rings. The van der Waals surface area contributed by atoms with Crippen LogP contribution in [0.3, 0.4) is 0 Å². The quantitative estimate of drug-likeness (QED) is 0.719. The molecule has 0 unspecified atom stereocenters. The van der Waals surface area contributed by atoms with Crippen molar-refractivity contribution >= 4 is 11.7 Å². The fraction of sp³-hybridized carbons (Fsp3) is 0.316. The molecule has 1 saturated heterocycles. The van der Waals surface area contributed by atoms with Crippen LogP contribution in [0.5, 0.6) is 0 Å². The van der Waals surface area contributed by atoms with Gasteiger partial charge in [-0.05, 0) is 31.2 Å². The molecule has 1 fully saturated rings. The standard InChI is InChI=1S/C19H22N6O/c1-16-20-17(23-8-4-5-9-23)14-18(21-16)24-10-12-25(13-11-24)19(26)15-22-6-2-3-7-22/h2-9,14H,10-13,15H2,1H3. The van der Waals surface area contributed by atoms with Gasteiger partial charge in [-0.2, -0.15) is 0 Å². The molecule has 0 bridgehead atoms. The number of hydrogen-bond donors (Lipinski definition) is 0. The van der Waals surface area contributed by atoms with E-state index in [1.807, 2.05) is 76.1 Å². The van der Waals surface area contributed by atoms with E-state index in [-0.39, 0.29) is 5.91 Å². The third-order valence-corrected chi connectivity index (χ3v) is 4.62. The topological polar surface area (TPSA) is 59.2 Å². The number of carbonyl (C=O) groups excluding carboxylic acids is 1. The second-order valence-electron chi connectivity index (χ2n) is 6.45. The summed E-state index contributed by atoms with van der Waals surface area (Å²) in [6, 6.07) is 9.83. The number of aryl methyl sites for hydroxylation is 1. The minimum atomic E-state index is 0.160. The van der Waals surface area contributed by atoms with Gasteiger partial charge < -0.3 is 18.9 Å². The first-order valence-electron chi connectivity index (χ1n) is 8.81. The summed E-state index contributed by atoms with van der Waals surface area (Å²) in [6.45, 7) is 5.28. The lowest BCUT2D eigenvalue weighted by Crippen LogP contribution is -2.49. The molecule has 0 atom stereocenters. The predicted molar refractivity (Wildman–Crippen MR) is 99.3 cm³/mol. The van der Waals surface area contributed by atoms with Crippen molar-refractivity contribution in [3.05, 3.63) is 60.9 Å². The first-order chi connectivity index (χ1) is 12.7. The monoisotopic (exact) mass is 350 g/mol. The fourth-order valence-electron chi connectivity index (χ4n) is 3.23. The smallest absolute Gasteiger partial charge is 0.242 e. The molecule has 0 N–H and O–H groups in total. The van der Waals surface area contributed by atoms with Crippen LogP contribution < -0.4 is 4.90 Å². The SMILES string of the molecule is Cc1nc(N2CCN(C(=O)Cn3cccc3)CC2)cc(-n2cccc2)n1. The highest BCUT2D eigenvalue weighted by atomic mass is 16.2. The Morgan fingerprint density at radius 1 is 0.923 bits per heavy atom. The first kappa shape index (κ1) is 16.4. The van der Waals surface area contributed by atoms with Crippen LogP contribution in [0.1, 0.15) is 5.82 Å². The Morgan fingerprint density at radius 2 is 1.54 bits per heavy atom. The summed E-state index contributed by atoms with van der Waals surface area (Å²) in [5, 5.41) is 0. The zero-order chi connectivity index (χ0) is 17.9. The van der Waals surface area contributed by atoms with E-state index >= 15 is 0 Å². The molecule has 26 heavy (non-hydrogen) atoms. The third-order valence-electron chi connectivity index (χ3n) is 4.62. The maximum Gasteiger partial charge on any atom is 0.242 e. The largest absolute Gasteiger partial charge is 0.353 e. The number of anilines is 1. The number of hydrogen-bond acceptors (Lipinski definition) is 4. The summed E-state index contributed by atoms with van der Waals surface area (Å²) < 4.78 is 3.89. The number of amides is 1. The van der Waals surface area contributed by atoms with E-state index in [0.29, 0.717) is 19.6 Å². The molecule has 0 aromatic carbocycles. The lowest BCUT2D eigenvalue weighted by Gasteiger charge is -2.35. The van der Waals surface area contributed by atoms with Crippen molar-refractivity contribution in [3.8, 4) is 5.82 Å². The van der Waals surface area contributed by atoms with Crippen molar-refractivity contribution in [1.82, 2.24) is 24.0 Å². The lowest BCUT2D eigenvalue weighted by atomic mass is 10.3. The molecule has 0 radical (unpaired) electrons. The minimum absolute atomic E-state index is 0.160. The number of piperazine rings is 1. The molecular weight excluding hydrogens is 328 g/mol. The Kier molecular flexibility index (Phi) is 4.43. The molecule has 1 amide bonds. The van der Waals surface area contributed by atoms with Crippen LogP contribution in [0.15, 0.2) is 55.1 Å². The van der Waals surface area contributed by atoms with E-state index in [9.17, 15) is 4.79 Å². The second-order valence-corrected chi connectivity index (χ2v) is 6.45. The first-order valence-corrected chi connectivity index (χ1v) is 8.81. The highest BCUT2D eigenvalue weighted by Crippen LogP contribution is 2.18. The summed E-state index contributed by atoms with van der Waals surface area (Å²) in [4.78, 5) is 25.7. The van der Waals surface area contributed by atoms with Crippen LogP contribution in [0.25, 0.3) is 5.82 Å². The Labute approximate surface area is 152 Å². The van der Waals surface area contributed by atoms with Gasteiger partial charge in [0.25, 0.3) is 0 Å². The van der Waals surface area contributed by atoms with Crippen molar-refractivity contribution in [2.45, 2.75) is 13.5 Å². The van der Waals surface area contributed by atoms with E-state index in [2.05, 4.69) is 14.9 Å². The van der Waals surface area contributed by atoms with Gasteiger partial charge in [-0.1, -0.05) is 0 Å². The molecule has 1 aliphatic rings. The van der Waals surface area contributed by atoms with Crippen LogP contribution in [0, 0.1) is 6.92 Å². The third kappa shape index (κ3) is 3.46. The van der Waals surface area contributed by atoms with Crippen LogP contribution >= 0.6 is 0 Å². The van der Waals surface area contributed by atoms with Crippen molar-refractivity contribution in [2.75, 3.05) is 31.1 Å². The maximum atomic E-state index is 12.4. The van der Waals surface area contributed by atoms with E-state index in [1.54, 1.807) is 0 Å². The van der Waals surface area contributed by atoms with E-state index in [4.69, 9.17) is 0 Å². The Morgan fingerprint density at radius 3 is 2.23 bits per heavy atom. The molecule has 7 heteroatoms. The average molecular weight is 350 g/mol. The zero-order valence-corrected chi connectivity index (χ0v) is 14.8. The van der Waals surface area contributed by atoms with Gasteiger partial charge in [0.2, 0.25) is 5.91 Å². The van der Waals surface area contributed by atoms with Gasteiger partial charge in [-0.3, -0.25) is 4.79 Å². The number of carbonyl (C=O) groups is 1. The second kappa shape index (κ2) is 7.03. The molecule has 1 aliphatic heterocycles. The molecule has 7 nitrogen and oxygen atoms in total. The number of aromatic nitrogens is 4. The van der Waals surface area contributed by atoms with Crippen molar-refractivity contribution < 1.29 is 4.79 Å².